The van der Waals surface area contributed by atoms with Crippen molar-refractivity contribution in [1.82, 2.24) is 14.9 Å². The molecule has 1 heterocycles. The quantitative estimate of drug-likeness (QED) is 0.288. The minimum atomic E-state index is 0.142. The van der Waals surface area contributed by atoms with E-state index in [0.717, 1.165) is 5.69 Å². The standard InChI is InChI=1S/C8H12N6/c1-14-4-7(13-6-14)2-3-11-8(10)12-5-9/h4,6H,2-3H2,1H3,(H3,10,11,12). The van der Waals surface area contributed by atoms with Gasteiger partial charge in [0.2, 0.25) is 5.96 Å². The van der Waals surface area contributed by atoms with Crippen molar-refractivity contribution in [3.8, 4) is 6.19 Å². The Bertz CT molecular complexity index is 358. The number of guanidine groups is 1. The van der Waals surface area contributed by atoms with Crippen LogP contribution in [-0.2, 0) is 13.5 Å². The van der Waals surface area contributed by atoms with Crippen LogP contribution in [0.1, 0.15) is 5.69 Å². The van der Waals surface area contributed by atoms with Crippen LogP contribution in [0, 0.1) is 11.5 Å². The Hall–Kier alpha value is -2.03. The Morgan fingerprint density at radius 1 is 1.86 bits per heavy atom. The molecule has 1 aromatic heterocycles. The third-order valence-corrected chi connectivity index (χ3v) is 1.59. The largest absolute Gasteiger partial charge is 0.369 e. The number of imidazole rings is 1. The molecule has 0 saturated carbocycles. The minimum Gasteiger partial charge on any atom is -0.369 e. The van der Waals surface area contributed by atoms with Crippen LogP contribution >= 0.6 is 0 Å². The number of nitrogens with zero attached hydrogens (tertiary/aromatic N) is 4. The van der Waals surface area contributed by atoms with Crippen molar-refractivity contribution in [1.29, 1.82) is 5.26 Å². The number of hydrogen-bond donors (Lipinski definition) is 2. The first kappa shape index (κ1) is 10.1. The zero-order valence-electron chi connectivity index (χ0n) is 7.94. The molecule has 0 aliphatic carbocycles. The first-order valence-corrected chi connectivity index (χ1v) is 4.14. The molecule has 0 fully saturated rings. The Morgan fingerprint density at radius 2 is 2.64 bits per heavy atom. The summed E-state index contributed by atoms with van der Waals surface area (Å²) in [5, 5.41) is 10.5. The van der Waals surface area contributed by atoms with Crippen molar-refractivity contribution < 1.29 is 0 Å². The smallest absolute Gasteiger partial charge is 0.202 e. The van der Waals surface area contributed by atoms with Gasteiger partial charge in [-0.05, 0) is 0 Å². The molecule has 3 N–H and O–H groups in total. The van der Waals surface area contributed by atoms with Crippen LogP contribution < -0.4 is 11.1 Å². The molecule has 0 spiro atoms. The van der Waals surface area contributed by atoms with Gasteiger partial charge in [-0.15, -0.1) is 0 Å². The summed E-state index contributed by atoms with van der Waals surface area (Å²) in [5.41, 5.74) is 6.30. The van der Waals surface area contributed by atoms with E-state index in [4.69, 9.17) is 11.0 Å². The molecule has 0 aliphatic heterocycles. The van der Waals surface area contributed by atoms with Crippen LogP contribution in [0.15, 0.2) is 17.5 Å². The number of aryl methyl sites for hydroxylation is 1. The van der Waals surface area contributed by atoms with Gasteiger partial charge in [0.25, 0.3) is 0 Å². The highest BCUT2D eigenvalue weighted by atomic mass is 15.1. The van der Waals surface area contributed by atoms with Crippen LogP contribution in [0.3, 0.4) is 0 Å². The average molecular weight is 192 g/mol. The minimum absolute atomic E-state index is 0.142. The normalized spacial score (nSPS) is 11.0. The maximum absolute atomic E-state index is 8.22. The predicted octanol–water partition coefficient (Wildman–Crippen LogP) is -0.652. The summed E-state index contributed by atoms with van der Waals surface area (Å²) in [4.78, 5) is 8.06. The van der Waals surface area contributed by atoms with E-state index in [2.05, 4.69) is 15.3 Å². The molecule has 0 unspecified atom stereocenters. The average Bonchev–Trinajstić information content (AvgIpc) is 2.52. The highest BCUT2D eigenvalue weighted by Crippen LogP contribution is 1.94. The van der Waals surface area contributed by atoms with Crippen molar-refractivity contribution in [3.63, 3.8) is 0 Å². The molecule has 0 amide bonds. The van der Waals surface area contributed by atoms with E-state index in [0.29, 0.717) is 13.0 Å². The fourth-order valence-electron chi connectivity index (χ4n) is 0.984. The van der Waals surface area contributed by atoms with E-state index in [1.165, 1.54) is 0 Å². The van der Waals surface area contributed by atoms with E-state index in [1.807, 2.05) is 17.8 Å². The molecule has 0 saturated heterocycles. The topological polar surface area (TPSA) is 92.0 Å². The summed E-state index contributed by atoms with van der Waals surface area (Å²) in [6.45, 7) is 0.525. The Kier molecular flexibility index (Phi) is 3.49. The van der Waals surface area contributed by atoms with Crippen LogP contribution in [0.25, 0.3) is 0 Å². The van der Waals surface area contributed by atoms with Crippen LogP contribution in [0.2, 0.25) is 0 Å². The van der Waals surface area contributed by atoms with Crippen molar-refractivity contribution in [3.05, 3.63) is 18.2 Å². The monoisotopic (exact) mass is 192 g/mol. The molecule has 0 bridgehead atoms. The molecule has 0 atom stereocenters. The lowest BCUT2D eigenvalue weighted by Gasteiger charge is -1.95. The van der Waals surface area contributed by atoms with Crippen molar-refractivity contribution in [2.75, 3.05) is 6.54 Å². The molecule has 0 aliphatic rings. The lowest BCUT2D eigenvalue weighted by atomic mass is 10.3. The lowest BCUT2D eigenvalue weighted by Crippen LogP contribution is -2.27. The second kappa shape index (κ2) is 4.87. The second-order valence-electron chi connectivity index (χ2n) is 2.78. The van der Waals surface area contributed by atoms with E-state index < -0.39 is 0 Å². The molecule has 1 rings (SSSR count). The molecule has 14 heavy (non-hydrogen) atoms. The Balaban J connectivity index is 2.35. The van der Waals surface area contributed by atoms with Gasteiger partial charge in [-0.1, -0.05) is 0 Å². The van der Waals surface area contributed by atoms with Crippen molar-refractivity contribution in [2.24, 2.45) is 17.8 Å². The van der Waals surface area contributed by atoms with Crippen LogP contribution in [-0.4, -0.2) is 22.1 Å². The predicted molar refractivity (Wildman–Crippen MR) is 52.2 cm³/mol. The summed E-state index contributed by atoms with van der Waals surface area (Å²) >= 11 is 0. The fraction of sp³-hybridized carbons (Fsp3) is 0.375. The maximum Gasteiger partial charge on any atom is 0.202 e. The number of nitriles is 1. The maximum atomic E-state index is 8.22. The highest BCUT2D eigenvalue weighted by molar-refractivity contribution is 5.79. The number of hydrogen-bond acceptors (Lipinski definition) is 3. The first-order chi connectivity index (χ1) is 6.72. The van der Waals surface area contributed by atoms with E-state index in [-0.39, 0.29) is 5.96 Å². The van der Waals surface area contributed by atoms with E-state index >= 15 is 0 Å². The van der Waals surface area contributed by atoms with Gasteiger partial charge in [0.05, 0.1) is 12.0 Å². The fourth-order valence-corrected chi connectivity index (χ4v) is 0.984. The molecule has 6 nitrogen and oxygen atoms in total. The van der Waals surface area contributed by atoms with E-state index in [9.17, 15) is 0 Å². The number of aromatic nitrogens is 2. The van der Waals surface area contributed by atoms with Crippen molar-refractivity contribution in [2.45, 2.75) is 6.42 Å². The first-order valence-electron chi connectivity index (χ1n) is 4.14. The molecule has 0 radical (unpaired) electrons. The second-order valence-corrected chi connectivity index (χ2v) is 2.78. The zero-order chi connectivity index (χ0) is 10.4. The summed E-state index contributed by atoms with van der Waals surface area (Å²) < 4.78 is 1.87. The summed E-state index contributed by atoms with van der Waals surface area (Å²) in [6, 6.07) is 0. The lowest BCUT2D eigenvalue weighted by molar-refractivity contribution is 0.904. The summed E-state index contributed by atoms with van der Waals surface area (Å²) in [7, 11) is 1.91. The van der Waals surface area contributed by atoms with Gasteiger partial charge in [-0.3, -0.25) is 10.3 Å². The number of rotatable bonds is 3. The highest BCUT2D eigenvalue weighted by Gasteiger charge is 1.95. The zero-order valence-corrected chi connectivity index (χ0v) is 7.94. The Labute approximate surface area is 82.1 Å². The third-order valence-electron chi connectivity index (χ3n) is 1.59. The molecule has 1 aromatic rings. The SMILES string of the molecule is Cn1cnc(CCN=C(N)NC#N)c1. The third kappa shape index (κ3) is 3.15. The van der Waals surface area contributed by atoms with Gasteiger partial charge < -0.3 is 10.3 Å². The van der Waals surface area contributed by atoms with Crippen LogP contribution in [0.4, 0.5) is 0 Å². The van der Waals surface area contributed by atoms with Crippen LogP contribution in [0.5, 0.6) is 0 Å². The molecule has 6 heteroatoms. The van der Waals surface area contributed by atoms with Gasteiger partial charge in [-0.25, -0.2) is 4.98 Å². The number of nitrogens with one attached hydrogen (secondary N) is 1. The van der Waals surface area contributed by atoms with Gasteiger partial charge in [0.15, 0.2) is 6.19 Å². The van der Waals surface area contributed by atoms with Crippen molar-refractivity contribution >= 4 is 5.96 Å². The molecule has 74 valence electrons. The number of aliphatic imine (C=N–C) groups is 1. The molecular formula is C8H12N6. The van der Waals surface area contributed by atoms with Gasteiger partial charge in [-0.2, -0.15) is 5.26 Å². The van der Waals surface area contributed by atoms with Gasteiger partial charge in [0.1, 0.15) is 0 Å². The van der Waals surface area contributed by atoms with Gasteiger partial charge >= 0.3 is 0 Å². The summed E-state index contributed by atoms with van der Waals surface area (Å²) in [5.74, 6) is 0.142. The van der Waals surface area contributed by atoms with E-state index in [1.54, 1.807) is 12.5 Å². The molecule has 0 aromatic carbocycles. The number of nitrogens with two attached hydrogens (primary N) is 1. The summed E-state index contributed by atoms with van der Waals surface area (Å²) in [6.07, 6.45) is 6.06. The molecular weight excluding hydrogens is 180 g/mol. The van der Waals surface area contributed by atoms with Gasteiger partial charge in [0, 0.05) is 26.2 Å². The Morgan fingerprint density at radius 3 is 3.21 bits per heavy atom.